The van der Waals surface area contributed by atoms with Crippen LogP contribution in [0.15, 0.2) is 54.6 Å². The van der Waals surface area contributed by atoms with Gasteiger partial charge >= 0.3 is 0 Å². The first-order valence-electron chi connectivity index (χ1n) is 8.02. The Balaban J connectivity index is 2.14. The summed E-state index contributed by atoms with van der Waals surface area (Å²) in [6, 6.07) is 19.1. The number of hydrogen-bond donors (Lipinski definition) is 0. The summed E-state index contributed by atoms with van der Waals surface area (Å²) in [7, 11) is 0. The Morgan fingerprint density at radius 2 is 1.41 bits per heavy atom. The average Bonchev–Trinajstić information content (AvgIpc) is 2.49. The lowest BCUT2D eigenvalue weighted by atomic mass is 9.64. The van der Waals surface area contributed by atoms with E-state index in [2.05, 4.69) is 89.2 Å². The van der Waals surface area contributed by atoms with Crippen molar-refractivity contribution in [1.29, 1.82) is 0 Å². The molecule has 0 heterocycles. The molecule has 0 aromatic heterocycles. The summed E-state index contributed by atoms with van der Waals surface area (Å²) in [4.78, 5) is 0. The Morgan fingerprint density at radius 1 is 0.818 bits per heavy atom. The molecule has 0 N–H and O–H groups in total. The van der Waals surface area contributed by atoms with Crippen molar-refractivity contribution in [3.05, 3.63) is 71.3 Å². The second kappa shape index (κ2) is 6.66. The van der Waals surface area contributed by atoms with Crippen LogP contribution in [0.2, 0.25) is 0 Å². The first kappa shape index (κ1) is 16.8. The molecule has 0 bridgehead atoms. The molecule has 0 radical (unpaired) electrons. The van der Waals surface area contributed by atoms with Crippen LogP contribution in [0.4, 0.5) is 0 Å². The van der Waals surface area contributed by atoms with Crippen LogP contribution in [0.3, 0.4) is 0 Å². The predicted octanol–water partition coefficient (Wildman–Crippen LogP) is 5.52. The highest BCUT2D eigenvalue weighted by atomic mass is 16.5. The molecule has 0 amide bonds. The second-order valence-electron chi connectivity index (χ2n) is 7.37. The maximum Gasteiger partial charge on any atom is 0.0719 e. The van der Waals surface area contributed by atoms with Crippen molar-refractivity contribution in [3.8, 4) is 0 Å². The number of rotatable bonds is 5. The zero-order chi connectivity index (χ0) is 16.2. The highest BCUT2D eigenvalue weighted by Gasteiger charge is 2.39. The molecule has 0 spiro atoms. The summed E-state index contributed by atoms with van der Waals surface area (Å²) in [5.41, 5.74) is 4.01. The fraction of sp³-hybridized carbons (Fsp3) is 0.429. The van der Waals surface area contributed by atoms with E-state index in [1.54, 1.807) is 0 Å². The van der Waals surface area contributed by atoms with E-state index < -0.39 is 0 Å². The molecule has 1 heteroatoms. The second-order valence-corrected chi connectivity index (χ2v) is 7.37. The van der Waals surface area contributed by atoms with Crippen LogP contribution >= 0.6 is 0 Å². The molecule has 22 heavy (non-hydrogen) atoms. The van der Waals surface area contributed by atoms with E-state index in [9.17, 15) is 0 Å². The van der Waals surface area contributed by atoms with Crippen molar-refractivity contribution in [2.75, 3.05) is 6.61 Å². The molecule has 0 aliphatic heterocycles. The van der Waals surface area contributed by atoms with E-state index >= 15 is 0 Å². The van der Waals surface area contributed by atoms with Gasteiger partial charge < -0.3 is 4.74 Å². The smallest absolute Gasteiger partial charge is 0.0719 e. The van der Waals surface area contributed by atoms with Crippen LogP contribution < -0.4 is 0 Å². The number of ether oxygens (including phenoxy) is 1. The molecule has 0 fully saturated rings. The van der Waals surface area contributed by atoms with Gasteiger partial charge in [0.15, 0.2) is 0 Å². The Morgan fingerprint density at radius 3 is 2.00 bits per heavy atom. The maximum absolute atomic E-state index is 6.15. The van der Waals surface area contributed by atoms with Crippen molar-refractivity contribution in [2.24, 2.45) is 5.41 Å². The topological polar surface area (TPSA) is 9.23 Å². The Kier molecular flexibility index (Phi) is 5.08. The molecule has 0 aliphatic carbocycles. The summed E-state index contributed by atoms with van der Waals surface area (Å²) in [6.45, 7) is 12.7. The molecule has 1 atom stereocenters. The number of benzene rings is 2. The van der Waals surface area contributed by atoms with Crippen LogP contribution in [-0.2, 0) is 16.8 Å². The number of hydrogen-bond acceptors (Lipinski definition) is 1. The summed E-state index contributed by atoms with van der Waals surface area (Å²) in [5.74, 6) is 0. The van der Waals surface area contributed by atoms with Crippen LogP contribution in [0.1, 0.15) is 44.4 Å². The van der Waals surface area contributed by atoms with Crippen molar-refractivity contribution < 1.29 is 4.74 Å². The van der Waals surface area contributed by atoms with Gasteiger partial charge in [0, 0.05) is 5.41 Å². The van der Waals surface area contributed by atoms with Crippen LogP contribution in [0, 0.1) is 12.3 Å². The zero-order valence-corrected chi connectivity index (χ0v) is 14.5. The van der Waals surface area contributed by atoms with Gasteiger partial charge in [0.1, 0.15) is 0 Å². The van der Waals surface area contributed by atoms with Gasteiger partial charge in [-0.3, -0.25) is 0 Å². The largest absolute Gasteiger partial charge is 0.376 e. The van der Waals surface area contributed by atoms with Crippen molar-refractivity contribution in [1.82, 2.24) is 0 Å². The average molecular weight is 296 g/mol. The lowest BCUT2D eigenvalue weighted by Crippen LogP contribution is -2.41. The quantitative estimate of drug-likeness (QED) is 0.706. The van der Waals surface area contributed by atoms with E-state index in [1.165, 1.54) is 16.7 Å². The minimum Gasteiger partial charge on any atom is -0.376 e. The third kappa shape index (κ3) is 3.59. The van der Waals surface area contributed by atoms with Crippen molar-refractivity contribution in [2.45, 2.75) is 46.6 Å². The van der Waals surface area contributed by atoms with Gasteiger partial charge in [0.05, 0.1) is 13.2 Å². The normalized spacial score (nSPS) is 14.6. The standard InChI is InChI=1S/C21H28O/c1-17-11-9-10-12-18(17)15-22-16-21(5,20(2,3)4)19-13-7-6-8-14-19/h6-14H,15-16H2,1-5H3. The molecule has 1 nitrogen and oxygen atoms in total. The lowest BCUT2D eigenvalue weighted by molar-refractivity contribution is 0.0291. The van der Waals surface area contributed by atoms with Gasteiger partial charge in [-0.05, 0) is 29.0 Å². The SMILES string of the molecule is Cc1ccccc1COCC(C)(c1ccccc1)C(C)(C)C. The fourth-order valence-corrected chi connectivity index (χ4v) is 2.68. The summed E-state index contributed by atoms with van der Waals surface area (Å²) in [6.07, 6.45) is 0. The molecule has 2 aromatic rings. The summed E-state index contributed by atoms with van der Waals surface area (Å²) in [5, 5.41) is 0. The first-order valence-corrected chi connectivity index (χ1v) is 8.02. The Labute approximate surface area is 135 Å². The Bertz CT molecular complexity index is 595. The van der Waals surface area contributed by atoms with Crippen LogP contribution in [0.5, 0.6) is 0 Å². The van der Waals surface area contributed by atoms with E-state index in [0.29, 0.717) is 6.61 Å². The maximum atomic E-state index is 6.15. The third-order valence-electron chi connectivity index (χ3n) is 4.98. The van der Waals surface area contributed by atoms with Crippen molar-refractivity contribution in [3.63, 3.8) is 0 Å². The van der Waals surface area contributed by atoms with Crippen LogP contribution in [0.25, 0.3) is 0 Å². The van der Waals surface area contributed by atoms with Gasteiger partial charge in [-0.1, -0.05) is 82.3 Å². The molecular formula is C21H28O. The Hall–Kier alpha value is -1.60. The predicted molar refractivity (Wildman–Crippen MR) is 94.1 cm³/mol. The van der Waals surface area contributed by atoms with Gasteiger partial charge in [-0.2, -0.15) is 0 Å². The number of aryl methyl sites for hydroxylation is 1. The van der Waals surface area contributed by atoms with E-state index in [0.717, 1.165) is 6.61 Å². The minimum absolute atomic E-state index is 0.0169. The van der Waals surface area contributed by atoms with E-state index in [1.807, 2.05) is 0 Å². The van der Waals surface area contributed by atoms with Crippen LogP contribution in [-0.4, -0.2) is 6.61 Å². The van der Waals surface area contributed by atoms with Crippen molar-refractivity contribution >= 4 is 0 Å². The molecular weight excluding hydrogens is 268 g/mol. The molecule has 0 saturated carbocycles. The molecule has 0 saturated heterocycles. The molecule has 2 rings (SSSR count). The molecule has 1 unspecified atom stereocenters. The minimum atomic E-state index is -0.0169. The molecule has 118 valence electrons. The third-order valence-corrected chi connectivity index (χ3v) is 4.98. The summed E-state index contributed by atoms with van der Waals surface area (Å²) < 4.78 is 6.15. The van der Waals surface area contributed by atoms with E-state index in [-0.39, 0.29) is 10.8 Å². The zero-order valence-electron chi connectivity index (χ0n) is 14.5. The fourth-order valence-electron chi connectivity index (χ4n) is 2.68. The van der Waals surface area contributed by atoms with Gasteiger partial charge in [0.2, 0.25) is 0 Å². The first-order chi connectivity index (χ1) is 10.3. The highest BCUT2D eigenvalue weighted by molar-refractivity contribution is 5.28. The monoisotopic (exact) mass is 296 g/mol. The van der Waals surface area contributed by atoms with E-state index in [4.69, 9.17) is 4.74 Å². The van der Waals surface area contributed by atoms with Gasteiger partial charge in [-0.25, -0.2) is 0 Å². The molecule has 0 aliphatic rings. The highest BCUT2D eigenvalue weighted by Crippen LogP contribution is 2.41. The molecule has 2 aromatic carbocycles. The lowest BCUT2D eigenvalue weighted by Gasteiger charge is -2.42. The summed E-state index contributed by atoms with van der Waals surface area (Å²) >= 11 is 0. The van der Waals surface area contributed by atoms with Gasteiger partial charge in [0.25, 0.3) is 0 Å². The van der Waals surface area contributed by atoms with Gasteiger partial charge in [-0.15, -0.1) is 0 Å².